The number of nitrogens with zero attached hydrogens (tertiary/aromatic N) is 2. The van der Waals surface area contributed by atoms with Gasteiger partial charge in [0.15, 0.2) is 9.84 Å². The van der Waals surface area contributed by atoms with Gasteiger partial charge in [-0.3, -0.25) is 0 Å². The SMILES string of the molecule is CCNCc1cc(F)cnc1N1CCSCC1S(C)(=O)=O. The molecule has 1 aliphatic rings. The van der Waals surface area contributed by atoms with Gasteiger partial charge >= 0.3 is 0 Å². The zero-order valence-electron chi connectivity index (χ0n) is 12.2. The number of halogens is 1. The standard InChI is InChI=1S/C13H20FN3O2S2/c1-3-15-7-10-6-11(14)8-16-13(10)17-4-5-20-9-12(17)21(2,18)19/h6,8,12,15H,3-5,7,9H2,1-2H3. The number of rotatable bonds is 5. The molecule has 1 fully saturated rings. The molecule has 1 saturated heterocycles. The first-order valence-corrected chi connectivity index (χ1v) is 9.92. The highest BCUT2D eigenvalue weighted by Crippen LogP contribution is 2.28. The molecule has 0 spiro atoms. The topological polar surface area (TPSA) is 62.3 Å². The van der Waals surface area contributed by atoms with E-state index in [-0.39, 0.29) is 0 Å². The Morgan fingerprint density at radius 1 is 1.57 bits per heavy atom. The lowest BCUT2D eigenvalue weighted by molar-refractivity contribution is 0.581. The fourth-order valence-corrected chi connectivity index (χ4v) is 5.12. The van der Waals surface area contributed by atoms with Gasteiger partial charge in [0.2, 0.25) is 0 Å². The van der Waals surface area contributed by atoms with E-state index in [1.807, 2.05) is 6.92 Å². The molecule has 8 heteroatoms. The molecular weight excluding hydrogens is 313 g/mol. The fraction of sp³-hybridized carbons (Fsp3) is 0.615. The lowest BCUT2D eigenvalue weighted by Crippen LogP contribution is -2.48. The molecule has 5 nitrogen and oxygen atoms in total. The van der Waals surface area contributed by atoms with Gasteiger partial charge in [-0.05, 0) is 12.6 Å². The van der Waals surface area contributed by atoms with E-state index in [1.54, 1.807) is 16.7 Å². The Kier molecular flexibility index (Phi) is 5.45. The molecule has 21 heavy (non-hydrogen) atoms. The van der Waals surface area contributed by atoms with Crippen LogP contribution in [0.3, 0.4) is 0 Å². The highest BCUT2D eigenvalue weighted by Gasteiger charge is 2.33. The molecule has 1 aliphatic heterocycles. The lowest BCUT2D eigenvalue weighted by atomic mass is 10.2. The van der Waals surface area contributed by atoms with Crippen LogP contribution in [-0.2, 0) is 16.4 Å². The van der Waals surface area contributed by atoms with Crippen LogP contribution >= 0.6 is 11.8 Å². The second kappa shape index (κ2) is 6.93. The predicted molar refractivity (Wildman–Crippen MR) is 84.9 cm³/mol. The molecule has 2 heterocycles. The maximum absolute atomic E-state index is 13.4. The first-order valence-electron chi connectivity index (χ1n) is 6.82. The third kappa shape index (κ3) is 4.08. The number of nitrogens with one attached hydrogen (secondary N) is 1. The molecule has 1 aromatic heterocycles. The summed E-state index contributed by atoms with van der Waals surface area (Å²) in [5.41, 5.74) is 0.692. The summed E-state index contributed by atoms with van der Waals surface area (Å²) < 4.78 is 37.4. The predicted octanol–water partition coefficient (Wildman–Crippen LogP) is 1.25. The van der Waals surface area contributed by atoms with Crippen molar-refractivity contribution in [2.45, 2.75) is 18.8 Å². The van der Waals surface area contributed by atoms with Gasteiger partial charge in [-0.1, -0.05) is 6.92 Å². The normalized spacial score (nSPS) is 19.8. The van der Waals surface area contributed by atoms with Crippen LogP contribution in [0.5, 0.6) is 0 Å². The van der Waals surface area contributed by atoms with E-state index in [4.69, 9.17) is 0 Å². The molecule has 1 atom stereocenters. The number of pyridine rings is 1. The third-order valence-corrected chi connectivity index (χ3v) is 5.97. The van der Waals surface area contributed by atoms with Crippen LogP contribution in [0.1, 0.15) is 12.5 Å². The molecular formula is C13H20FN3O2S2. The number of hydrogen-bond donors (Lipinski definition) is 1. The van der Waals surface area contributed by atoms with Crippen molar-refractivity contribution >= 4 is 27.4 Å². The summed E-state index contributed by atoms with van der Waals surface area (Å²) in [4.78, 5) is 5.95. The molecule has 0 radical (unpaired) electrons. The largest absolute Gasteiger partial charge is 0.338 e. The van der Waals surface area contributed by atoms with Gasteiger partial charge in [0, 0.05) is 36.4 Å². The molecule has 0 amide bonds. The van der Waals surface area contributed by atoms with Crippen molar-refractivity contribution in [2.24, 2.45) is 0 Å². The Labute approximate surface area is 129 Å². The Morgan fingerprint density at radius 3 is 3.00 bits per heavy atom. The van der Waals surface area contributed by atoms with Crippen LogP contribution in [0.4, 0.5) is 10.2 Å². The highest BCUT2D eigenvalue weighted by molar-refractivity contribution is 8.01. The molecule has 0 bridgehead atoms. The van der Waals surface area contributed by atoms with Crippen LogP contribution < -0.4 is 10.2 Å². The van der Waals surface area contributed by atoms with E-state index in [0.717, 1.165) is 18.5 Å². The van der Waals surface area contributed by atoms with Gasteiger partial charge in [0.05, 0.1) is 6.20 Å². The smallest absolute Gasteiger partial charge is 0.169 e. The molecule has 1 N–H and O–H groups in total. The van der Waals surface area contributed by atoms with Gasteiger partial charge in [-0.25, -0.2) is 17.8 Å². The second-order valence-electron chi connectivity index (χ2n) is 4.97. The summed E-state index contributed by atoms with van der Waals surface area (Å²) in [7, 11) is -3.22. The van der Waals surface area contributed by atoms with E-state index in [1.165, 1.54) is 12.3 Å². The minimum Gasteiger partial charge on any atom is -0.338 e. The number of hydrogen-bond acceptors (Lipinski definition) is 6. The van der Waals surface area contributed by atoms with E-state index < -0.39 is 21.0 Å². The number of thioether (sulfide) groups is 1. The quantitative estimate of drug-likeness (QED) is 0.875. The Hall–Kier alpha value is -0.860. The summed E-state index contributed by atoms with van der Waals surface area (Å²) >= 11 is 1.62. The van der Waals surface area contributed by atoms with Crippen molar-refractivity contribution in [3.63, 3.8) is 0 Å². The zero-order chi connectivity index (χ0) is 15.5. The second-order valence-corrected chi connectivity index (χ2v) is 8.32. The summed E-state index contributed by atoms with van der Waals surface area (Å²) in [5, 5.41) is 2.53. The van der Waals surface area contributed by atoms with Crippen LogP contribution in [0.15, 0.2) is 12.3 Å². The van der Waals surface area contributed by atoms with Crippen molar-refractivity contribution in [3.8, 4) is 0 Å². The maximum Gasteiger partial charge on any atom is 0.169 e. The van der Waals surface area contributed by atoms with Gasteiger partial charge in [0.25, 0.3) is 0 Å². The van der Waals surface area contributed by atoms with Gasteiger partial charge in [-0.2, -0.15) is 11.8 Å². The lowest BCUT2D eigenvalue weighted by Gasteiger charge is -2.36. The van der Waals surface area contributed by atoms with Crippen molar-refractivity contribution < 1.29 is 12.8 Å². The monoisotopic (exact) mass is 333 g/mol. The van der Waals surface area contributed by atoms with Gasteiger partial charge in [-0.15, -0.1) is 0 Å². The summed E-state index contributed by atoms with van der Waals surface area (Å²) in [6.45, 7) is 3.78. The molecule has 0 saturated carbocycles. The molecule has 1 unspecified atom stereocenters. The van der Waals surface area contributed by atoms with Crippen LogP contribution in [0, 0.1) is 5.82 Å². The van der Waals surface area contributed by atoms with Crippen molar-refractivity contribution in [1.82, 2.24) is 10.3 Å². The average Bonchev–Trinajstić information content (AvgIpc) is 2.44. The maximum atomic E-state index is 13.4. The fourth-order valence-electron chi connectivity index (χ4n) is 2.30. The van der Waals surface area contributed by atoms with Crippen molar-refractivity contribution in [1.29, 1.82) is 0 Å². The van der Waals surface area contributed by atoms with E-state index in [2.05, 4.69) is 10.3 Å². The average molecular weight is 333 g/mol. The highest BCUT2D eigenvalue weighted by atomic mass is 32.2. The van der Waals surface area contributed by atoms with Crippen molar-refractivity contribution in [3.05, 3.63) is 23.6 Å². The zero-order valence-corrected chi connectivity index (χ0v) is 13.8. The number of anilines is 1. The van der Waals surface area contributed by atoms with Crippen LogP contribution in [0.25, 0.3) is 0 Å². The molecule has 0 aromatic carbocycles. The minimum absolute atomic E-state index is 0.408. The Bertz CT molecular complexity index is 595. The van der Waals surface area contributed by atoms with Crippen LogP contribution in [-0.4, -0.2) is 49.6 Å². The van der Waals surface area contributed by atoms with E-state index in [9.17, 15) is 12.8 Å². The molecule has 118 valence electrons. The molecule has 0 aliphatic carbocycles. The minimum atomic E-state index is -3.22. The number of aromatic nitrogens is 1. The summed E-state index contributed by atoms with van der Waals surface area (Å²) in [6, 6.07) is 1.42. The molecule has 2 rings (SSSR count). The van der Waals surface area contributed by atoms with Gasteiger partial charge in [0.1, 0.15) is 17.0 Å². The first-order chi connectivity index (χ1) is 9.93. The van der Waals surface area contributed by atoms with E-state index >= 15 is 0 Å². The summed E-state index contributed by atoms with van der Waals surface area (Å²) in [5.74, 6) is 1.51. The third-order valence-electron chi connectivity index (χ3n) is 3.33. The van der Waals surface area contributed by atoms with Crippen molar-refractivity contribution in [2.75, 3.05) is 35.8 Å². The molecule has 1 aromatic rings. The van der Waals surface area contributed by atoms with Crippen LogP contribution in [0.2, 0.25) is 0 Å². The Morgan fingerprint density at radius 2 is 2.33 bits per heavy atom. The Balaban J connectivity index is 2.38. The van der Waals surface area contributed by atoms with E-state index in [0.29, 0.717) is 30.2 Å². The summed E-state index contributed by atoms with van der Waals surface area (Å²) in [6.07, 6.45) is 2.38. The van der Waals surface area contributed by atoms with Gasteiger partial charge < -0.3 is 10.2 Å². The number of sulfone groups is 1. The first kappa shape index (κ1) is 16.5.